The maximum Gasteiger partial charge on any atom is 0.0703 e. The van der Waals surface area contributed by atoms with Gasteiger partial charge in [-0.05, 0) is 43.4 Å². The molecule has 1 aliphatic carbocycles. The molecule has 0 spiro atoms. The predicted molar refractivity (Wildman–Crippen MR) is 90.4 cm³/mol. The first-order valence-corrected chi connectivity index (χ1v) is 10.1. The van der Waals surface area contributed by atoms with Crippen LogP contribution in [-0.2, 0) is 22.1 Å². The Balaban J connectivity index is 1.66. The van der Waals surface area contributed by atoms with E-state index in [-0.39, 0.29) is 0 Å². The molecule has 4 heteroatoms. The molecule has 0 radical (unpaired) electrons. The lowest BCUT2D eigenvalue weighted by atomic mass is 10.1. The number of ether oxygens (including phenoxy) is 1. The van der Waals surface area contributed by atoms with Crippen LogP contribution in [0.1, 0.15) is 44.1 Å². The Morgan fingerprint density at radius 1 is 1.14 bits per heavy atom. The van der Waals surface area contributed by atoms with Crippen molar-refractivity contribution in [1.29, 1.82) is 0 Å². The highest BCUT2D eigenvalue weighted by Gasteiger charge is 2.26. The van der Waals surface area contributed by atoms with Crippen LogP contribution in [0.15, 0.2) is 29.2 Å². The molecule has 0 amide bonds. The molecule has 0 aromatic heterocycles. The van der Waals surface area contributed by atoms with E-state index < -0.39 is 10.8 Å². The molecule has 22 heavy (non-hydrogen) atoms. The normalized spacial score (nSPS) is 24.2. The number of nitrogens with zero attached hydrogens (tertiary/aromatic N) is 1. The molecule has 3 rings (SSSR count). The first-order chi connectivity index (χ1) is 10.7. The van der Waals surface area contributed by atoms with Crippen molar-refractivity contribution in [3.8, 4) is 0 Å². The van der Waals surface area contributed by atoms with E-state index in [0.717, 1.165) is 24.6 Å². The highest BCUT2D eigenvalue weighted by Crippen LogP contribution is 2.27. The molecule has 1 heterocycles. The van der Waals surface area contributed by atoms with Gasteiger partial charge in [0, 0.05) is 47.7 Å². The van der Waals surface area contributed by atoms with E-state index in [1.165, 1.54) is 44.1 Å². The monoisotopic (exact) mass is 321 g/mol. The van der Waals surface area contributed by atoms with E-state index in [4.69, 9.17) is 4.74 Å². The Hall–Kier alpha value is -0.710. The molecule has 1 aromatic carbocycles. The van der Waals surface area contributed by atoms with E-state index in [9.17, 15) is 4.21 Å². The van der Waals surface area contributed by atoms with Crippen molar-refractivity contribution in [3.63, 3.8) is 0 Å². The predicted octanol–water partition coefficient (Wildman–Crippen LogP) is 3.35. The Labute approximate surface area is 136 Å². The summed E-state index contributed by atoms with van der Waals surface area (Å²) in [5.74, 6) is 0. The van der Waals surface area contributed by atoms with Gasteiger partial charge in [-0.25, -0.2) is 0 Å². The fourth-order valence-corrected chi connectivity index (χ4v) is 4.20. The molecular weight excluding hydrogens is 294 g/mol. The van der Waals surface area contributed by atoms with Crippen molar-refractivity contribution >= 4 is 10.8 Å². The molecule has 1 aliphatic heterocycles. The molecule has 3 nitrogen and oxygen atoms in total. The minimum atomic E-state index is -0.889. The summed E-state index contributed by atoms with van der Waals surface area (Å²) in [5, 5.41) is 0. The van der Waals surface area contributed by atoms with Gasteiger partial charge in [-0.1, -0.05) is 25.0 Å². The SMILES string of the molecule is C[S@](=O)c1ccc(CN(C[C@H]2CCCO2)C2CCCC2)cc1. The number of benzene rings is 1. The highest BCUT2D eigenvalue weighted by molar-refractivity contribution is 7.84. The quantitative estimate of drug-likeness (QED) is 0.805. The van der Waals surface area contributed by atoms with Gasteiger partial charge in [0.05, 0.1) is 6.10 Å². The van der Waals surface area contributed by atoms with Crippen molar-refractivity contribution in [1.82, 2.24) is 4.90 Å². The summed E-state index contributed by atoms with van der Waals surface area (Å²) < 4.78 is 17.4. The van der Waals surface area contributed by atoms with Gasteiger partial charge < -0.3 is 4.74 Å². The number of hydrogen-bond acceptors (Lipinski definition) is 3. The van der Waals surface area contributed by atoms with Gasteiger partial charge in [0.2, 0.25) is 0 Å². The summed E-state index contributed by atoms with van der Waals surface area (Å²) in [4.78, 5) is 3.54. The van der Waals surface area contributed by atoms with E-state index >= 15 is 0 Å². The lowest BCUT2D eigenvalue weighted by molar-refractivity contribution is 0.0542. The summed E-state index contributed by atoms with van der Waals surface area (Å²) in [6.45, 7) is 2.98. The molecule has 1 aromatic rings. The summed E-state index contributed by atoms with van der Waals surface area (Å²) in [6.07, 6.45) is 9.94. The first-order valence-electron chi connectivity index (χ1n) is 8.50. The third-order valence-electron chi connectivity index (χ3n) is 4.94. The van der Waals surface area contributed by atoms with Gasteiger partial charge in [0.1, 0.15) is 0 Å². The second kappa shape index (κ2) is 7.71. The summed E-state index contributed by atoms with van der Waals surface area (Å²) in [7, 11) is -0.889. The van der Waals surface area contributed by atoms with E-state index in [1.807, 2.05) is 12.1 Å². The minimum Gasteiger partial charge on any atom is -0.377 e. The van der Waals surface area contributed by atoms with Gasteiger partial charge in [0.25, 0.3) is 0 Å². The molecule has 122 valence electrons. The molecule has 1 saturated carbocycles. The summed E-state index contributed by atoms with van der Waals surface area (Å²) in [5.41, 5.74) is 1.32. The van der Waals surface area contributed by atoms with Gasteiger partial charge in [-0.2, -0.15) is 0 Å². The lowest BCUT2D eigenvalue weighted by Crippen LogP contribution is -2.38. The van der Waals surface area contributed by atoms with Gasteiger partial charge in [0.15, 0.2) is 0 Å². The van der Waals surface area contributed by atoms with Crippen LogP contribution in [0.4, 0.5) is 0 Å². The zero-order chi connectivity index (χ0) is 15.4. The van der Waals surface area contributed by atoms with Crippen LogP contribution < -0.4 is 0 Å². The maximum atomic E-state index is 11.5. The van der Waals surface area contributed by atoms with Crippen LogP contribution in [0.25, 0.3) is 0 Å². The Bertz CT molecular complexity index is 490. The van der Waals surface area contributed by atoms with Crippen molar-refractivity contribution in [3.05, 3.63) is 29.8 Å². The van der Waals surface area contributed by atoms with Crippen molar-refractivity contribution in [2.45, 2.75) is 62.1 Å². The summed E-state index contributed by atoms with van der Waals surface area (Å²) in [6, 6.07) is 8.99. The van der Waals surface area contributed by atoms with Crippen molar-refractivity contribution in [2.75, 3.05) is 19.4 Å². The standard InChI is InChI=1S/C18H27NO2S/c1-22(20)18-10-8-15(9-11-18)13-19(16-5-2-3-6-16)14-17-7-4-12-21-17/h8-11,16-17H,2-7,12-14H2,1H3/t17-,22+/m1/s1. The lowest BCUT2D eigenvalue weighted by Gasteiger charge is -2.31. The minimum absolute atomic E-state index is 0.419. The molecular formula is C18H27NO2S. The van der Waals surface area contributed by atoms with Crippen LogP contribution in [0.3, 0.4) is 0 Å². The van der Waals surface area contributed by atoms with Crippen molar-refractivity contribution < 1.29 is 8.95 Å². The summed E-state index contributed by atoms with van der Waals surface area (Å²) >= 11 is 0. The number of rotatable bonds is 6. The molecule has 0 bridgehead atoms. The smallest absolute Gasteiger partial charge is 0.0703 e. The Morgan fingerprint density at radius 3 is 2.45 bits per heavy atom. The second-order valence-electron chi connectivity index (χ2n) is 6.60. The van der Waals surface area contributed by atoms with Crippen molar-refractivity contribution in [2.24, 2.45) is 0 Å². The van der Waals surface area contributed by atoms with Gasteiger partial charge >= 0.3 is 0 Å². The molecule has 2 atom stereocenters. The van der Waals surface area contributed by atoms with Crippen LogP contribution >= 0.6 is 0 Å². The molecule has 0 N–H and O–H groups in total. The third-order valence-corrected chi connectivity index (χ3v) is 5.88. The highest BCUT2D eigenvalue weighted by atomic mass is 32.2. The number of hydrogen-bond donors (Lipinski definition) is 0. The fraction of sp³-hybridized carbons (Fsp3) is 0.667. The largest absolute Gasteiger partial charge is 0.377 e. The Kier molecular flexibility index (Phi) is 5.66. The van der Waals surface area contributed by atoms with E-state index in [2.05, 4.69) is 17.0 Å². The van der Waals surface area contributed by atoms with Gasteiger partial charge in [-0.3, -0.25) is 9.11 Å². The first kappa shape index (κ1) is 16.2. The van der Waals surface area contributed by atoms with E-state index in [1.54, 1.807) is 6.26 Å². The second-order valence-corrected chi connectivity index (χ2v) is 7.98. The van der Waals surface area contributed by atoms with Crippen LogP contribution in [0, 0.1) is 0 Å². The third kappa shape index (κ3) is 4.18. The average Bonchev–Trinajstić information content (AvgIpc) is 3.20. The molecule has 1 saturated heterocycles. The van der Waals surface area contributed by atoms with Crippen LogP contribution in [0.2, 0.25) is 0 Å². The van der Waals surface area contributed by atoms with Crippen LogP contribution in [-0.4, -0.2) is 40.7 Å². The average molecular weight is 321 g/mol. The molecule has 2 fully saturated rings. The topological polar surface area (TPSA) is 29.5 Å². The van der Waals surface area contributed by atoms with Crippen LogP contribution in [0.5, 0.6) is 0 Å². The van der Waals surface area contributed by atoms with Gasteiger partial charge in [-0.15, -0.1) is 0 Å². The van der Waals surface area contributed by atoms with E-state index in [0.29, 0.717) is 12.1 Å². The zero-order valence-corrected chi connectivity index (χ0v) is 14.3. The zero-order valence-electron chi connectivity index (χ0n) is 13.5. The Morgan fingerprint density at radius 2 is 1.86 bits per heavy atom. The maximum absolute atomic E-state index is 11.5. The molecule has 2 aliphatic rings. The fourth-order valence-electron chi connectivity index (χ4n) is 3.68. The molecule has 0 unspecified atom stereocenters.